The Morgan fingerprint density at radius 2 is 1.81 bits per heavy atom. The summed E-state index contributed by atoms with van der Waals surface area (Å²) in [7, 11) is 0. The third-order valence-corrected chi connectivity index (χ3v) is 4.43. The first kappa shape index (κ1) is 18.0. The number of halogens is 3. The maximum atomic E-state index is 14.0. The molecule has 1 atom stereocenters. The van der Waals surface area contributed by atoms with Crippen LogP contribution in [-0.2, 0) is 9.59 Å². The molecule has 0 radical (unpaired) electrons. The average Bonchev–Trinajstić information content (AvgIpc) is 3.03. The summed E-state index contributed by atoms with van der Waals surface area (Å²) in [5.74, 6) is -5.84. The number of rotatable bonds is 4. The van der Waals surface area contributed by atoms with Crippen molar-refractivity contribution in [3.05, 3.63) is 59.9 Å². The first-order valence-electron chi connectivity index (χ1n) is 8.24. The van der Waals surface area contributed by atoms with Crippen LogP contribution in [0.5, 0.6) is 0 Å². The van der Waals surface area contributed by atoms with Gasteiger partial charge in [-0.3, -0.25) is 9.59 Å². The van der Waals surface area contributed by atoms with E-state index in [0.717, 1.165) is 17.0 Å². The smallest absolute Gasteiger partial charge is 0.232 e. The number of nitrogens with zero attached hydrogens (tertiary/aromatic N) is 2. The second-order valence-corrected chi connectivity index (χ2v) is 6.02. The molecule has 2 amide bonds. The number of benzene rings is 2. The van der Waals surface area contributed by atoms with E-state index in [4.69, 9.17) is 0 Å². The minimum absolute atomic E-state index is 0.0804. The van der Waals surface area contributed by atoms with Gasteiger partial charge in [-0.25, -0.2) is 13.2 Å². The van der Waals surface area contributed by atoms with E-state index in [0.29, 0.717) is 12.2 Å². The van der Waals surface area contributed by atoms with Crippen LogP contribution in [0.1, 0.15) is 13.3 Å². The largest absolute Gasteiger partial charge is 0.312 e. The maximum Gasteiger partial charge on any atom is 0.232 e. The lowest BCUT2D eigenvalue weighted by atomic mass is 10.1. The van der Waals surface area contributed by atoms with Gasteiger partial charge in [0.2, 0.25) is 11.8 Å². The zero-order valence-electron chi connectivity index (χ0n) is 14.1. The van der Waals surface area contributed by atoms with Crippen LogP contribution in [0.15, 0.2) is 42.5 Å². The third-order valence-electron chi connectivity index (χ3n) is 4.43. The number of hydrogen-bond donors (Lipinski definition) is 0. The molecule has 0 aliphatic carbocycles. The van der Waals surface area contributed by atoms with Gasteiger partial charge < -0.3 is 9.80 Å². The van der Waals surface area contributed by atoms with Crippen molar-refractivity contribution in [2.45, 2.75) is 13.3 Å². The van der Waals surface area contributed by atoms with Gasteiger partial charge in [0.15, 0.2) is 17.5 Å². The molecular weight excluding hydrogens is 345 g/mol. The van der Waals surface area contributed by atoms with E-state index >= 15 is 0 Å². The van der Waals surface area contributed by atoms with Gasteiger partial charge in [0.1, 0.15) is 0 Å². The number of amides is 2. The average molecular weight is 362 g/mol. The van der Waals surface area contributed by atoms with Crippen molar-refractivity contribution >= 4 is 23.2 Å². The Labute approximate surface area is 148 Å². The van der Waals surface area contributed by atoms with Gasteiger partial charge in [-0.2, -0.15) is 0 Å². The molecule has 136 valence electrons. The molecule has 26 heavy (non-hydrogen) atoms. The predicted molar refractivity (Wildman–Crippen MR) is 91.2 cm³/mol. The Kier molecular flexibility index (Phi) is 4.97. The molecule has 1 unspecified atom stereocenters. The van der Waals surface area contributed by atoms with E-state index < -0.39 is 29.3 Å². The fourth-order valence-electron chi connectivity index (χ4n) is 3.12. The summed E-state index contributed by atoms with van der Waals surface area (Å²) in [5.41, 5.74) is 0.344. The molecule has 0 N–H and O–H groups in total. The van der Waals surface area contributed by atoms with Crippen molar-refractivity contribution in [1.82, 2.24) is 0 Å². The standard InChI is InChI=1S/C19H17F3N2O2/c1-2-23(13-6-4-3-5-7-13)19(26)12-10-16(25)24(11-12)15-9-8-14(20)17(21)18(15)22/h3-9,12H,2,10-11H2,1H3. The molecule has 0 bridgehead atoms. The quantitative estimate of drug-likeness (QED) is 0.781. The minimum Gasteiger partial charge on any atom is -0.312 e. The second kappa shape index (κ2) is 7.19. The van der Waals surface area contributed by atoms with Crippen molar-refractivity contribution < 1.29 is 22.8 Å². The van der Waals surface area contributed by atoms with Crippen LogP contribution in [0.3, 0.4) is 0 Å². The summed E-state index contributed by atoms with van der Waals surface area (Å²) >= 11 is 0. The van der Waals surface area contributed by atoms with E-state index in [1.54, 1.807) is 29.2 Å². The Morgan fingerprint density at radius 3 is 2.46 bits per heavy atom. The lowest BCUT2D eigenvalue weighted by molar-refractivity contribution is -0.124. The Hall–Kier alpha value is -2.83. The van der Waals surface area contributed by atoms with E-state index in [9.17, 15) is 22.8 Å². The van der Waals surface area contributed by atoms with Crippen molar-refractivity contribution in [2.75, 3.05) is 22.9 Å². The first-order valence-corrected chi connectivity index (χ1v) is 8.24. The highest BCUT2D eigenvalue weighted by molar-refractivity contribution is 6.04. The van der Waals surface area contributed by atoms with Crippen molar-refractivity contribution in [2.24, 2.45) is 5.92 Å². The van der Waals surface area contributed by atoms with Crippen LogP contribution in [0.25, 0.3) is 0 Å². The maximum absolute atomic E-state index is 14.0. The Balaban J connectivity index is 1.83. The van der Waals surface area contributed by atoms with Crippen LogP contribution >= 0.6 is 0 Å². The van der Waals surface area contributed by atoms with Crippen LogP contribution < -0.4 is 9.80 Å². The summed E-state index contributed by atoms with van der Waals surface area (Å²) in [6, 6.07) is 10.8. The van der Waals surface area contributed by atoms with Gasteiger partial charge in [-0.1, -0.05) is 18.2 Å². The second-order valence-electron chi connectivity index (χ2n) is 6.02. The lowest BCUT2D eigenvalue weighted by Crippen LogP contribution is -2.37. The van der Waals surface area contributed by atoms with Gasteiger partial charge in [0, 0.05) is 25.2 Å². The zero-order valence-corrected chi connectivity index (χ0v) is 14.1. The van der Waals surface area contributed by atoms with Crippen LogP contribution in [0, 0.1) is 23.4 Å². The highest BCUT2D eigenvalue weighted by Gasteiger charge is 2.38. The molecule has 2 aromatic rings. The van der Waals surface area contributed by atoms with Crippen molar-refractivity contribution in [1.29, 1.82) is 0 Å². The molecule has 1 fully saturated rings. The summed E-state index contributed by atoms with van der Waals surface area (Å²) in [6.07, 6.45) is -0.111. The molecule has 7 heteroatoms. The minimum atomic E-state index is -1.63. The molecule has 1 aliphatic heterocycles. The molecule has 0 spiro atoms. The monoisotopic (exact) mass is 362 g/mol. The molecule has 2 aromatic carbocycles. The number of anilines is 2. The Morgan fingerprint density at radius 1 is 1.12 bits per heavy atom. The third kappa shape index (κ3) is 3.16. The molecule has 4 nitrogen and oxygen atoms in total. The Bertz CT molecular complexity index is 842. The molecule has 0 aromatic heterocycles. The van der Waals surface area contributed by atoms with E-state index in [-0.39, 0.29) is 24.6 Å². The molecule has 0 saturated carbocycles. The molecular formula is C19H17F3N2O2. The summed E-state index contributed by atoms with van der Waals surface area (Å²) in [5, 5.41) is 0. The van der Waals surface area contributed by atoms with Crippen molar-refractivity contribution in [3.63, 3.8) is 0 Å². The highest BCUT2D eigenvalue weighted by atomic mass is 19.2. The van der Waals surface area contributed by atoms with Gasteiger partial charge in [0.05, 0.1) is 11.6 Å². The van der Waals surface area contributed by atoms with E-state index in [2.05, 4.69) is 0 Å². The van der Waals surface area contributed by atoms with E-state index in [1.165, 1.54) is 0 Å². The van der Waals surface area contributed by atoms with Crippen LogP contribution in [0.4, 0.5) is 24.5 Å². The number of hydrogen-bond acceptors (Lipinski definition) is 2. The molecule has 3 rings (SSSR count). The number of carbonyl (C=O) groups excluding carboxylic acids is 2. The highest BCUT2D eigenvalue weighted by Crippen LogP contribution is 2.31. The van der Waals surface area contributed by atoms with Gasteiger partial charge >= 0.3 is 0 Å². The van der Waals surface area contributed by atoms with Gasteiger partial charge in [0.25, 0.3) is 0 Å². The first-order chi connectivity index (χ1) is 12.4. The predicted octanol–water partition coefficient (Wildman–Crippen LogP) is 3.51. The molecule has 1 heterocycles. The summed E-state index contributed by atoms with van der Waals surface area (Å²) in [4.78, 5) is 27.6. The summed E-state index contributed by atoms with van der Waals surface area (Å²) in [6.45, 7) is 2.14. The SMILES string of the molecule is CCN(C(=O)C1CC(=O)N(c2ccc(F)c(F)c2F)C1)c1ccccc1. The summed E-state index contributed by atoms with van der Waals surface area (Å²) < 4.78 is 40.6. The number of carbonyl (C=O) groups is 2. The van der Waals surface area contributed by atoms with E-state index in [1.807, 2.05) is 13.0 Å². The molecule has 1 aliphatic rings. The topological polar surface area (TPSA) is 40.6 Å². The van der Waals surface area contributed by atoms with Crippen LogP contribution in [0.2, 0.25) is 0 Å². The zero-order chi connectivity index (χ0) is 18.8. The number of para-hydroxylation sites is 1. The fourth-order valence-corrected chi connectivity index (χ4v) is 3.12. The normalized spacial score (nSPS) is 16.8. The fraction of sp³-hybridized carbons (Fsp3) is 0.263. The van der Waals surface area contributed by atoms with Gasteiger partial charge in [-0.15, -0.1) is 0 Å². The van der Waals surface area contributed by atoms with Crippen molar-refractivity contribution in [3.8, 4) is 0 Å². The molecule has 1 saturated heterocycles. The van der Waals surface area contributed by atoms with Crippen LogP contribution in [-0.4, -0.2) is 24.9 Å². The van der Waals surface area contributed by atoms with Gasteiger partial charge in [-0.05, 0) is 31.2 Å². The lowest BCUT2D eigenvalue weighted by Gasteiger charge is -2.24.